The third-order valence-electron chi connectivity index (χ3n) is 6.15. The number of carbonyl (C=O) groups excluding carboxylic acids is 1. The molecule has 1 unspecified atom stereocenters. The van der Waals surface area contributed by atoms with E-state index in [9.17, 15) is 4.79 Å². The Labute approximate surface area is 210 Å². The highest BCUT2D eigenvalue weighted by Gasteiger charge is 2.20. The van der Waals surface area contributed by atoms with Crippen LogP contribution in [0.3, 0.4) is 0 Å². The minimum atomic E-state index is -0.178. The number of nitrogens with one attached hydrogen (secondary N) is 1. The van der Waals surface area contributed by atoms with Crippen LogP contribution in [0.1, 0.15) is 33.1 Å². The maximum atomic E-state index is 13.8. The summed E-state index contributed by atoms with van der Waals surface area (Å²) in [7, 11) is 0. The van der Waals surface area contributed by atoms with Crippen molar-refractivity contribution in [3.63, 3.8) is 0 Å². The summed E-state index contributed by atoms with van der Waals surface area (Å²) in [5, 5.41) is 4.73. The van der Waals surface area contributed by atoms with Gasteiger partial charge in [-0.25, -0.2) is 4.98 Å². The van der Waals surface area contributed by atoms with E-state index in [4.69, 9.17) is 16.6 Å². The van der Waals surface area contributed by atoms with Crippen LogP contribution < -0.4 is 5.32 Å². The number of amides is 1. The highest BCUT2D eigenvalue weighted by Crippen LogP contribution is 2.31. The highest BCUT2D eigenvalue weighted by molar-refractivity contribution is 6.33. The molecule has 0 aliphatic rings. The van der Waals surface area contributed by atoms with E-state index in [1.54, 1.807) is 0 Å². The molecular weight excluding hydrogens is 452 g/mol. The van der Waals surface area contributed by atoms with Crippen LogP contribution in [0.15, 0.2) is 109 Å². The first-order chi connectivity index (χ1) is 17.1. The fraction of sp³-hybridized carbons (Fsp3) is 0.0968. The predicted molar refractivity (Wildman–Crippen MR) is 144 cm³/mol. The number of halogens is 1. The standard InChI is InChI=1S/C31H25ClN2O/c1-21-16-17-28-25(18-21)26(20-30(33-28)24-14-8-9-15-27(24)32)31(35)34-29(23-12-6-3-7-13-23)19-22-10-4-2-5-11-22/h2-18,20,29H,19H2,1H3,(H,34,35). The molecule has 0 saturated heterocycles. The summed E-state index contributed by atoms with van der Waals surface area (Å²) in [6.07, 6.45) is 0.690. The van der Waals surface area contributed by atoms with Gasteiger partial charge in [-0.1, -0.05) is 102 Å². The van der Waals surface area contributed by atoms with Crippen molar-refractivity contribution in [2.24, 2.45) is 0 Å². The molecule has 0 fully saturated rings. The lowest BCUT2D eigenvalue weighted by molar-refractivity contribution is 0.0938. The van der Waals surface area contributed by atoms with Gasteiger partial charge in [-0.2, -0.15) is 0 Å². The van der Waals surface area contributed by atoms with Gasteiger partial charge in [0, 0.05) is 16.0 Å². The molecule has 0 bridgehead atoms. The number of hydrogen-bond acceptors (Lipinski definition) is 2. The summed E-state index contributed by atoms with van der Waals surface area (Å²) < 4.78 is 0. The van der Waals surface area contributed by atoms with Crippen LogP contribution >= 0.6 is 11.6 Å². The minimum Gasteiger partial charge on any atom is -0.345 e. The molecule has 0 aliphatic heterocycles. The Bertz CT molecular complexity index is 1480. The molecule has 4 aromatic carbocycles. The van der Waals surface area contributed by atoms with Crippen LogP contribution in [0, 0.1) is 6.92 Å². The third kappa shape index (κ3) is 5.11. The molecule has 5 aromatic rings. The first-order valence-electron chi connectivity index (χ1n) is 11.6. The maximum absolute atomic E-state index is 13.8. The average Bonchev–Trinajstić information content (AvgIpc) is 2.89. The van der Waals surface area contributed by atoms with Gasteiger partial charge in [0.2, 0.25) is 0 Å². The number of rotatable bonds is 6. The van der Waals surface area contributed by atoms with Crippen molar-refractivity contribution in [2.75, 3.05) is 0 Å². The zero-order chi connectivity index (χ0) is 24.2. The van der Waals surface area contributed by atoms with Crippen LogP contribution in [0.2, 0.25) is 5.02 Å². The molecule has 4 heteroatoms. The number of aromatic nitrogens is 1. The average molecular weight is 477 g/mol. The van der Waals surface area contributed by atoms with E-state index in [1.165, 1.54) is 0 Å². The van der Waals surface area contributed by atoms with E-state index < -0.39 is 0 Å². The molecule has 35 heavy (non-hydrogen) atoms. The summed E-state index contributed by atoms with van der Waals surface area (Å²) >= 11 is 6.48. The first-order valence-corrected chi connectivity index (χ1v) is 12.0. The number of benzene rings is 4. The van der Waals surface area contributed by atoms with E-state index in [0.717, 1.165) is 33.2 Å². The molecule has 1 aromatic heterocycles. The first kappa shape index (κ1) is 22.8. The number of carbonyl (C=O) groups is 1. The monoisotopic (exact) mass is 476 g/mol. The molecule has 0 radical (unpaired) electrons. The van der Waals surface area contributed by atoms with Gasteiger partial charge in [0.15, 0.2) is 0 Å². The van der Waals surface area contributed by atoms with Crippen molar-refractivity contribution < 1.29 is 4.79 Å². The van der Waals surface area contributed by atoms with Gasteiger partial charge in [0.1, 0.15) is 0 Å². The lowest BCUT2D eigenvalue weighted by Crippen LogP contribution is -2.30. The topological polar surface area (TPSA) is 42.0 Å². The summed E-state index contributed by atoms with van der Waals surface area (Å²) in [6.45, 7) is 2.02. The van der Waals surface area contributed by atoms with Crippen molar-refractivity contribution in [2.45, 2.75) is 19.4 Å². The van der Waals surface area contributed by atoms with Gasteiger partial charge in [-0.05, 0) is 48.7 Å². The SMILES string of the molecule is Cc1ccc2nc(-c3ccccc3Cl)cc(C(=O)NC(Cc3ccccc3)c3ccccc3)c2c1. The van der Waals surface area contributed by atoms with Gasteiger partial charge in [-0.3, -0.25) is 4.79 Å². The summed E-state index contributed by atoms with van der Waals surface area (Å²) in [6, 6.07) is 35.5. The van der Waals surface area contributed by atoms with Crippen LogP contribution in [0.25, 0.3) is 22.2 Å². The van der Waals surface area contributed by atoms with Gasteiger partial charge < -0.3 is 5.32 Å². The van der Waals surface area contributed by atoms with Gasteiger partial charge in [-0.15, -0.1) is 0 Å². The smallest absolute Gasteiger partial charge is 0.252 e. The molecule has 1 amide bonds. The molecule has 5 rings (SSSR count). The number of fused-ring (bicyclic) bond motifs is 1. The lowest BCUT2D eigenvalue weighted by Gasteiger charge is -2.21. The maximum Gasteiger partial charge on any atom is 0.252 e. The largest absolute Gasteiger partial charge is 0.345 e. The third-order valence-corrected chi connectivity index (χ3v) is 6.48. The van der Waals surface area contributed by atoms with Gasteiger partial charge >= 0.3 is 0 Å². The minimum absolute atomic E-state index is 0.138. The van der Waals surface area contributed by atoms with E-state index in [2.05, 4.69) is 29.6 Å². The number of aryl methyl sites for hydroxylation is 1. The Morgan fingerprint density at radius 3 is 2.29 bits per heavy atom. The summed E-state index contributed by atoms with van der Waals surface area (Å²) in [5.74, 6) is -0.138. The van der Waals surface area contributed by atoms with E-state index in [-0.39, 0.29) is 11.9 Å². The van der Waals surface area contributed by atoms with Gasteiger partial charge in [0.05, 0.1) is 22.8 Å². The lowest BCUT2D eigenvalue weighted by atomic mass is 9.97. The van der Waals surface area contributed by atoms with Crippen LogP contribution in [0.5, 0.6) is 0 Å². The summed E-state index contributed by atoms with van der Waals surface area (Å²) in [4.78, 5) is 18.7. The number of hydrogen-bond donors (Lipinski definition) is 1. The number of nitrogens with zero attached hydrogens (tertiary/aromatic N) is 1. The van der Waals surface area contributed by atoms with E-state index >= 15 is 0 Å². The van der Waals surface area contributed by atoms with Crippen molar-refractivity contribution >= 4 is 28.4 Å². The molecule has 3 nitrogen and oxygen atoms in total. The highest BCUT2D eigenvalue weighted by atomic mass is 35.5. The van der Waals surface area contributed by atoms with Crippen molar-refractivity contribution in [3.8, 4) is 11.3 Å². The molecule has 1 N–H and O–H groups in total. The molecular formula is C31H25ClN2O. The molecule has 0 saturated carbocycles. The molecule has 0 aliphatic carbocycles. The van der Waals surface area contributed by atoms with Crippen molar-refractivity contribution in [1.29, 1.82) is 0 Å². The Balaban J connectivity index is 1.58. The molecule has 1 heterocycles. The Morgan fingerprint density at radius 2 is 1.54 bits per heavy atom. The van der Waals surface area contributed by atoms with Crippen LogP contribution in [-0.2, 0) is 6.42 Å². The normalized spacial score (nSPS) is 11.8. The second-order valence-corrected chi connectivity index (χ2v) is 9.09. The number of pyridine rings is 1. The van der Waals surface area contributed by atoms with Crippen molar-refractivity contribution in [1.82, 2.24) is 10.3 Å². The Morgan fingerprint density at radius 1 is 0.857 bits per heavy atom. The fourth-order valence-corrected chi connectivity index (χ4v) is 4.59. The second kappa shape index (κ2) is 10.1. The van der Waals surface area contributed by atoms with Crippen molar-refractivity contribution in [3.05, 3.63) is 136 Å². The second-order valence-electron chi connectivity index (χ2n) is 8.68. The Kier molecular flexibility index (Phi) is 6.60. The zero-order valence-corrected chi connectivity index (χ0v) is 20.2. The van der Waals surface area contributed by atoms with Crippen LogP contribution in [-0.4, -0.2) is 10.9 Å². The van der Waals surface area contributed by atoms with E-state index in [0.29, 0.717) is 22.7 Å². The predicted octanol–water partition coefficient (Wildman–Crippen LogP) is 7.58. The fourth-order valence-electron chi connectivity index (χ4n) is 4.36. The van der Waals surface area contributed by atoms with E-state index in [1.807, 2.05) is 91.9 Å². The van der Waals surface area contributed by atoms with Gasteiger partial charge in [0.25, 0.3) is 5.91 Å². The Hall–Kier alpha value is -3.95. The van der Waals surface area contributed by atoms with Crippen LogP contribution in [0.4, 0.5) is 0 Å². The molecule has 0 spiro atoms. The zero-order valence-electron chi connectivity index (χ0n) is 19.4. The molecule has 172 valence electrons. The summed E-state index contributed by atoms with van der Waals surface area (Å²) in [5.41, 5.74) is 6.12. The quantitative estimate of drug-likeness (QED) is 0.274. The molecule has 1 atom stereocenters.